The number of likely N-dealkylation sites (tertiary alicyclic amines) is 1. The molecule has 1 aromatic rings. The molecule has 118 valence electrons. The molecule has 1 aliphatic heterocycles. The highest BCUT2D eigenvalue weighted by atomic mass is 16.6. The minimum atomic E-state index is -0.224. The monoisotopic (exact) mass is 299 g/mol. The highest BCUT2D eigenvalue weighted by molar-refractivity contribution is 5.69. The highest BCUT2D eigenvalue weighted by Gasteiger charge is 2.33. The predicted molar refractivity (Wildman–Crippen MR) is 89.5 cm³/mol. The second-order valence-corrected chi connectivity index (χ2v) is 5.65. The van der Waals surface area contributed by atoms with Crippen LogP contribution < -0.4 is 0 Å². The van der Waals surface area contributed by atoms with Gasteiger partial charge in [-0.05, 0) is 38.2 Å². The first-order chi connectivity index (χ1) is 10.8. The molecule has 0 aliphatic carbocycles. The summed E-state index contributed by atoms with van der Waals surface area (Å²) in [4.78, 5) is 14.5. The molecule has 0 saturated carbocycles. The lowest BCUT2D eigenvalue weighted by Crippen LogP contribution is -2.49. The summed E-state index contributed by atoms with van der Waals surface area (Å²) in [6.45, 7) is 6.13. The molecule has 1 aromatic carbocycles. The van der Waals surface area contributed by atoms with Crippen LogP contribution >= 0.6 is 0 Å². The van der Waals surface area contributed by atoms with Crippen molar-refractivity contribution in [2.45, 2.75) is 51.3 Å². The average molecular weight is 299 g/mol. The van der Waals surface area contributed by atoms with E-state index in [1.807, 2.05) is 54.3 Å². The van der Waals surface area contributed by atoms with Crippen molar-refractivity contribution in [3.05, 3.63) is 60.7 Å². The molecule has 1 fully saturated rings. The van der Waals surface area contributed by atoms with Crippen molar-refractivity contribution in [3.8, 4) is 0 Å². The number of hydrogen-bond donors (Lipinski definition) is 0. The standard InChI is InChI=1S/C19H25NO2/c1-3-9-17-13-8-14-18(10-4-2)20(17)19(21)22-15-16-11-6-5-7-12-16/h3-7,10-12,17-18H,1,8-9,13-15H2,2H3/b10-4+/t17-,18-/m0/s1. The number of amides is 1. The van der Waals surface area contributed by atoms with Gasteiger partial charge in [-0.25, -0.2) is 4.79 Å². The van der Waals surface area contributed by atoms with Gasteiger partial charge in [0.2, 0.25) is 0 Å². The Bertz CT molecular complexity index is 509. The quantitative estimate of drug-likeness (QED) is 0.738. The Kier molecular flexibility index (Phi) is 6.26. The SMILES string of the molecule is C=CC[C@H]1CCC[C@H](/C=C/C)N1C(=O)OCc1ccccc1. The van der Waals surface area contributed by atoms with E-state index in [2.05, 4.69) is 12.7 Å². The van der Waals surface area contributed by atoms with Gasteiger partial charge in [-0.3, -0.25) is 4.90 Å². The lowest BCUT2D eigenvalue weighted by Gasteiger charge is -2.40. The molecule has 0 unspecified atom stereocenters. The largest absolute Gasteiger partial charge is 0.445 e. The van der Waals surface area contributed by atoms with Gasteiger partial charge in [0.05, 0.1) is 6.04 Å². The summed E-state index contributed by atoms with van der Waals surface area (Å²) >= 11 is 0. The number of nitrogens with zero attached hydrogens (tertiary/aromatic N) is 1. The molecule has 1 saturated heterocycles. The molecular weight excluding hydrogens is 274 g/mol. The highest BCUT2D eigenvalue weighted by Crippen LogP contribution is 2.27. The maximum atomic E-state index is 12.6. The fourth-order valence-corrected chi connectivity index (χ4v) is 3.02. The zero-order chi connectivity index (χ0) is 15.8. The molecule has 0 N–H and O–H groups in total. The van der Waals surface area contributed by atoms with Crippen molar-refractivity contribution in [1.82, 2.24) is 4.90 Å². The van der Waals surface area contributed by atoms with E-state index >= 15 is 0 Å². The Morgan fingerprint density at radius 1 is 1.36 bits per heavy atom. The number of piperidine rings is 1. The summed E-state index contributed by atoms with van der Waals surface area (Å²) in [6.07, 6.45) is 9.74. The van der Waals surface area contributed by atoms with E-state index < -0.39 is 0 Å². The van der Waals surface area contributed by atoms with Crippen molar-refractivity contribution < 1.29 is 9.53 Å². The third kappa shape index (κ3) is 4.23. The summed E-state index contributed by atoms with van der Waals surface area (Å²) in [5.41, 5.74) is 1.01. The molecule has 2 atom stereocenters. The van der Waals surface area contributed by atoms with Crippen LogP contribution in [-0.2, 0) is 11.3 Å². The minimum Gasteiger partial charge on any atom is -0.445 e. The first-order valence-electron chi connectivity index (χ1n) is 7.99. The van der Waals surface area contributed by atoms with Crippen LogP contribution in [0.3, 0.4) is 0 Å². The Morgan fingerprint density at radius 3 is 2.82 bits per heavy atom. The molecular formula is C19H25NO2. The zero-order valence-electron chi connectivity index (χ0n) is 13.3. The molecule has 1 heterocycles. The van der Waals surface area contributed by atoms with E-state index in [1.165, 1.54) is 0 Å². The van der Waals surface area contributed by atoms with Crippen molar-refractivity contribution in [3.63, 3.8) is 0 Å². The van der Waals surface area contributed by atoms with Gasteiger partial charge in [0.25, 0.3) is 0 Å². The van der Waals surface area contributed by atoms with E-state index in [0.29, 0.717) is 6.61 Å². The molecule has 0 bridgehead atoms. The number of allylic oxidation sites excluding steroid dienone is 1. The van der Waals surface area contributed by atoms with Gasteiger partial charge in [0.15, 0.2) is 0 Å². The van der Waals surface area contributed by atoms with Gasteiger partial charge in [0, 0.05) is 6.04 Å². The van der Waals surface area contributed by atoms with Crippen LogP contribution in [0, 0.1) is 0 Å². The Labute approximate surface area is 133 Å². The van der Waals surface area contributed by atoms with Gasteiger partial charge in [0.1, 0.15) is 6.61 Å². The Balaban J connectivity index is 2.05. The summed E-state index contributed by atoms with van der Waals surface area (Å²) in [5.74, 6) is 0. The van der Waals surface area contributed by atoms with Gasteiger partial charge in [-0.1, -0.05) is 48.6 Å². The van der Waals surface area contributed by atoms with Crippen molar-refractivity contribution in [1.29, 1.82) is 0 Å². The van der Waals surface area contributed by atoms with Gasteiger partial charge >= 0.3 is 6.09 Å². The Morgan fingerprint density at radius 2 is 2.14 bits per heavy atom. The second kappa shape index (κ2) is 8.42. The van der Waals surface area contributed by atoms with Gasteiger partial charge < -0.3 is 4.74 Å². The predicted octanol–water partition coefficient (Wildman–Crippen LogP) is 4.70. The molecule has 1 aliphatic rings. The second-order valence-electron chi connectivity index (χ2n) is 5.65. The lowest BCUT2D eigenvalue weighted by atomic mass is 9.94. The maximum Gasteiger partial charge on any atom is 0.410 e. The van der Waals surface area contributed by atoms with Crippen molar-refractivity contribution >= 4 is 6.09 Å². The smallest absolute Gasteiger partial charge is 0.410 e. The van der Waals surface area contributed by atoms with Crippen molar-refractivity contribution in [2.24, 2.45) is 0 Å². The van der Waals surface area contributed by atoms with E-state index in [9.17, 15) is 4.79 Å². The van der Waals surface area contributed by atoms with Gasteiger partial charge in [-0.15, -0.1) is 6.58 Å². The molecule has 1 amide bonds. The van der Waals surface area contributed by atoms with Gasteiger partial charge in [-0.2, -0.15) is 0 Å². The topological polar surface area (TPSA) is 29.5 Å². The fourth-order valence-electron chi connectivity index (χ4n) is 3.02. The third-order valence-electron chi connectivity index (χ3n) is 4.06. The number of carbonyl (C=O) groups excluding carboxylic acids is 1. The summed E-state index contributed by atoms with van der Waals surface area (Å²) in [5, 5.41) is 0. The fraction of sp³-hybridized carbons (Fsp3) is 0.421. The minimum absolute atomic E-state index is 0.131. The molecule has 22 heavy (non-hydrogen) atoms. The van der Waals surface area contributed by atoms with Crippen molar-refractivity contribution in [2.75, 3.05) is 0 Å². The molecule has 0 aromatic heterocycles. The number of hydrogen-bond acceptors (Lipinski definition) is 2. The first-order valence-corrected chi connectivity index (χ1v) is 7.99. The van der Waals surface area contributed by atoms with E-state index in [4.69, 9.17) is 4.74 Å². The number of rotatable bonds is 5. The summed E-state index contributed by atoms with van der Waals surface area (Å²) in [6, 6.07) is 10.1. The lowest BCUT2D eigenvalue weighted by molar-refractivity contribution is 0.0535. The van der Waals surface area contributed by atoms with E-state index in [1.54, 1.807) is 0 Å². The van der Waals surface area contributed by atoms with Crippen LogP contribution in [0.4, 0.5) is 4.79 Å². The Hall–Kier alpha value is -2.03. The van der Waals surface area contributed by atoms with Crippen LogP contribution in [0.2, 0.25) is 0 Å². The van der Waals surface area contributed by atoms with Crippen LogP contribution in [0.5, 0.6) is 0 Å². The number of ether oxygens (including phenoxy) is 1. The van der Waals surface area contributed by atoms with Crippen LogP contribution in [0.15, 0.2) is 55.1 Å². The molecule has 0 radical (unpaired) electrons. The first kappa shape index (κ1) is 16.3. The van der Waals surface area contributed by atoms with Crippen LogP contribution in [-0.4, -0.2) is 23.1 Å². The normalized spacial score (nSPS) is 21.8. The van der Waals surface area contributed by atoms with Crippen LogP contribution in [0.1, 0.15) is 38.2 Å². The molecule has 0 spiro atoms. The molecule has 3 heteroatoms. The number of carbonyl (C=O) groups is 1. The maximum absolute atomic E-state index is 12.6. The van der Waals surface area contributed by atoms with E-state index in [0.717, 1.165) is 31.2 Å². The molecule has 2 rings (SSSR count). The third-order valence-corrected chi connectivity index (χ3v) is 4.06. The average Bonchev–Trinajstić information content (AvgIpc) is 2.54. The van der Waals surface area contributed by atoms with Crippen LogP contribution in [0.25, 0.3) is 0 Å². The number of benzene rings is 1. The summed E-state index contributed by atoms with van der Waals surface area (Å²) in [7, 11) is 0. The van der Waals surface area contributed by atoms with E-state index in [-0.39, 0.29) is 18.2 Å². The molecule has 3 nitrogen and oxygen atoms in total. The zero-order valence-corrected chi connectivity index (χ0v) is 13.3. The summed E-state index contributed by atoms with van der Waals surface area (Å²) < 4.78 is 5.54.